The van der Waals surface area contributed by atoms with Crippen LogP contribution in [-0.2, 0) is 12.7 Å². The first-order valence-electron chi connectivity index (χ1n) is 12.8. The molecule has 212 valence electrons. The minimum Gasteiger partial charge on any atom is -0.404 e. The van der Waals surface area contributed by atoms with Gasteiger partial charge < -0.3 is 4.74 Å². The number of rotatable bonds is 4. The van der Waals surface area contributed by atoms with E-state index < -0.39 is 23.9 Å². The second-order valence-electron chi connectivity index (χ2n) is 9.54. The van der Waals surface area contributed by atoms with Gasteiger partial charge in [0.1, 0.15) is 11.3 Å². The van der Waals surface area contributed by atoms with E-state index in [1.54, 1.807) is 37.3 Å². The van der Waals surface area contributed by atoms with Gasteiger partial charge in [0.2, 0.25) is 0 Å². The van der Waals surface area contributed by atoms with Gasteiger partial charge in [0.25, 0.3) is 5.56 Å². The van der Waals surface area contributed by atoms with Crippen molar-refractivity contribution in [2.24, 2.45) is 0 Å². The Hall–Kier alpha value is -3.89. The second-order valence-corrected chi connectivity index (χ2v) is 9.54. The van der Waals surface area contributed by atoms with E-state index in [4.69, 9.17) is 0 Å². The molecule has 1 saturated carbocycles. The molecule has 0 aliphatic heterocycles. The van der Waals surface area contributed by atoms with Crippen molar-refractivity contribution in [2.45, 2.75) is 64.0 Å². The minimum absolute atomic E-state index is 0.00673. The van der Waals surface area contributed by atoms with Crippen molar-refractivity contribution in [1.29, 1.82) is 0 Å². The zero-order valence-electron chi connectivity index (χ0n) is 21.6. The van der Waals surface area contributed by atoms with Crippen LogP contribution >= 0.6 is 0 Å². The molecule has 11 heteroatoms. The third-order valence-corrected chi connectivity index (χ3v) is 6.66. The molecule has 0 radical (unpaired) electrons. The van der Waals surface area contributed by atoms with E-state index in [0.717, 1.165) is 38.2 Å². The average molecular weight is 564 g/mol. The molecule has 40 heavy (non-hydrogen) atoms. The topological polar surface area (TPSA) is 57.0 Å². The second kappa shape index (κ2) is 12.1. The van der Waals surface area contributed by atoms with E-state index in [9.17, 15) is 31.1 Å². The van der Waals surface area contributed by atoms with Gasteiger partial charge in [-0.2, -0.15) is 13.2 Å². The Bertz CT molecular complexity index is 1510. The highest BCUT2D eigenvalue weighted by Crippen LogP contribution is 2.40. The van der Waals surface area contributed by atoms with E-state index in [0.29, 0.717) is 22.3 Å². The van der Waals surface area contributed by atoms with Gasteiger partial charge in [0.15, 0.2) is 5.75 Å². The van der Waals surface area contributed by atoms with Crippen LogP contribution in [-0.4, -0.2) is 20.9 Å². The summed E-state index contributed by atoms with van der Waals surface area (Å²) < 4.78 is 81.2. The van der Waals surface area contributed by atoms with Gasteiger partial charge in [-0.05, 0) is 67.6 Å². The number of nitrogens with zero attached hydrogens (tertiary/aromatic N) is 3. The number of fused-ring (bicyclic) bond motifs is 1. The zero-order valence-corrected chi connectivity index (χ0v) is 21.6. The minimum atomic E-state index is -4.84. The quantitative estimate of drug-likeness (QED) is 0.238. The molecular weight excluding hydrogens is 536 g/mol. The number of aryl methyl sites for hydroxylation is 1. The molecule has 1 aliphatic rings. The summed E-state index contributed by atoms with van der Waals surface area (Å²) >= 11 is 0. The maximum absolute atomic E-state index is 12.8. The number of hydrogen-bond donors (Lipinski definition) is 0. The molecule has 0 amide bonds. The van der Waals surface area contributed by atoms with Gasteiger partial charge >= 0.3 is 12.5 Å². The molecule has 0 N–H and O–H groups in total. The van der Waals surface area contributed by atoms with Crippen LogP contribution in [0.25, 0.3) is 11.0 Å². The number of alkyl halides is 6. The number of benzene rings is 1. The van der Waals surface area contributed by atoms with Crippen LogP contribution in [0.3, 0.4) is 0 Å². The molecule has 0 saturated heterocycles. The Balaban J connectivity index is 0.000000201. The lowest BCUT2D eigenvalue weighted by molar-refractivity contribution is -0.275. The molecule has 1 aliphatic carbocycles. The first kappa shape index (κ1) is 29.1. The lowest BCUT2D eigenvalue weighted by Crippen LogP contribution is -2.23. The Morgan fingerprint density at radius 2 is 1.60 bits per heavy atom. The van der Waals surface area contributed by atoms with Crippen LogP contribution in [0.1, 0.15) is 60.5 Å². The summed E-state index contributed by atoms with van der Waals surface area (Å²) in [5.74, 6) is -0.340. The number of hydrogen-bond acceptors (Lipinski definition) is 4. The number of ether oxygens (including phenoxy) is 1. The molecule has 0 atom stereocenters. The summed E-state index contributed by atoms with van der Waals surface area (Å²) in [6, 6.07) is 15.0. The Kier molecular flexibility index (Phi) is 8.80. The van der Waals surface area contributed by atoms with Crippen molar-refractivity contribution in [2.75, 3.05) is 0 Å². The highest BCUT2D eigenvalue weighted by atomic mass is 19.4. The highest BCUT2D eigenvalue weighted by molar-refractivity contribution is 5.75. The summed E-state index contributed by atoms with van der Waals surface area (Å²) in [5, 5.41) is 0.703. The Morgan fingerprint density at radius 1 is 0.900 bits per heavy atom. The van der Waals surface area contributed by atoms with Crippen molar-refractivity contribution < 1.29 is 31.1 Å². The fourth-order valence-corrected chi connectivity index (χ4v) is 4.84. The van der Waals surface area contributed by atoms with Gasteiger partial charge in [0, 0.05) is 23.3 Å². The third-order valence-electron chi connectivity index (χ3n) is 6.66. The van der Waals surface area contributed by atoms with Crippen molar-refractivity contribution in [3.05, 3.63) is 99.7 Å². The maximum atomic E-state index is 12.8. The molecule has 0 spiro atoms. The Labute approximate surface area is 226 Å². The van der Waals surface area contributed by atoms with E-state index in [2.05, 4.69) is 14.7 Å². The Morgan fingerprint density at radius 3 is 2.30 bits per heavy atom. The number of aromatic nitrogens is 3. The van der Waals surface area contributed by atoms with Crippen LogP contribution in [0.5, 0.6) is 5.75 Å². The van der Waals surface area contributed by atoms with Crippen molar-refractivity contribution >= 4 is 11.0 Å². The van der Waals surface area contributed by atoms with Crippen LogP contribution in [0.15, 0.2) is 71.7 Å². The molecule has 0 bridgehead atoms. The molecule has 3 heterocycles. The summed E-state index contributed by atoms with van der Waals surface area (Å²) in [6.45, 7) is 1.58. The first-order chi connectivity index (χ1) is 18.9. The molecular formula is C29H27F6N3O2. The van der Waals surface area contributed by atoms with Gasteiger partial charge in [-0.1, -0.05) is 37.5 Å². The van der Waals surface area contributed by atoms with Gasteiger partial charge in [-0.15, -0.1) is 13.2 Å². The summed E-state index contributed by atoms with van der Waals surface area (Å²) in [4.78, 5) is 20.4. The lowest BCUT2D eigenvalue weighted by Gasteiger charge is -2.25. The first-order valence-corrected chi connectivity index (χ1v) is 12.8. The van der Waals surface area contributed by atoms with Gasteiger partial charge in [0.05, 0.1) is 12.1 Å². The third kappa shape index (κ3) is 7.40. The summed E-state index contributed by atoms with van der Waals surface area (Å²) in [7, 11) is 0. The molecule has 5 rings (SSSR count). The normalized spacial score (nSPS) is 14.5. The van der Waals surface area contributed by atoms with Gasteiger partial charge in [-0.25, -0.2) is 4.98 Å². The zero-order chi connectivity index (χ0) is 28.9. The fraction of sp³-hybridized carbons (Fsp3) is 0.345. The fourth-order valence-electron chi connectivity index (χ4n) is 4.84. The molecule has 5 nitrogen and oxygen atoms in total. The number of pyridine rings is 3. The van der Waals surface area contributed by atoms with Gasteiger partial charge in [-0.3, -0.25) is 14.3 Å². The monoisotopic (exact) mass is 563 g/mol. The smallest absolute Gasteiger partial charge is 0.404 e. The summed E-state index contributed by atoms with van der Waals surface area (Å²) in [5.41, 5.74) is 0.731. The maximum Gasteiger partial charge on any atom is 0.573 e. The summed E-state index contributed by atoms with van der Waals surface area (Å²) in [6.07, 6.45) is -2.66. The van der Waals surface area contributed by atoms with Crippen LogP contribution in [0, 0.1) is 6.92 Å². The number of halogens is 6. The molecule has 3 aromatic heterocycles. The molecule has 1 fully saturated rings. The predicted molar refractivity (Wildman–Crippen MR) is 138 cm³/mol. The van der Waals surface area contributed by atoms with Crippen LogP contribution in [0.4, 0.5) is 26.3 Å². The van der Waals surface area contributed by atoms with Crippen molar-refractivity contribution in [3.8, 4) is 5.75 Å². The highest BCUT2D eigenvalue weighted by Gasteiger charge is 2.35. The molecule has 4 aromatic rings. The van der Waals surface area contributed by atoms with Crippen LogP contribution < -0.4 is 10.3 Å². The van der Waals surface area contributed by atoms with Crippen LogP contribution in [0.2, 0.25) is 0 Å². The van der Waals surface area contributed by atoms with Crippen molar-refractivity contribution in [3.63, 3.8) is 0 Å². The SMILES string of the molecule is Cc1ccc2ccc(=O)n(Cc3ncccc3OC(F)(F)F)c2n1.FC(F)(F)c1ccccc1C1CCCCC1. The standard InChI is InChI=1S/C16H12F3N3O2.C13H15F3/c1-10-4-5-11-6-7-14(23)22(15(11)21-10)9-12-13(3-2-8-20-12)24-16(17,18)19;14-13(15,16)12-9-5-4-8-11(12)10-6-2-1-3-7-10/h2-8H,9H2,1H3;4-5,8-10H,1-3,6-7H2. The van der Waals surface area contributed by atoms with E-state index >= 15 is 0 Å². The lowest BCUT2D eigenvalue weighted by atomic mass is 9.82. The molecule has 1 aromatic carbocycles. The van der Waals surface area contributed by atoms with Crippen molar-refractivity contribution in [1.82, 2.24) is 14.5 Å². The van der Waals surface area contributed by atoms with E-state index in [1.807, 2.05) is 0 Å². The molecule has 0 unspecified atom stereocenters. The average Bonchev–Trinajstić information content (AvgIpc) is 2.91. The largest absolute Gasteiger partial charge is 0.573 e. The van der Waals surface area contributed by atoms with E-state index in [1.165, 1.54) is 35.0 Å². The predicted octanol–water partition coefficient (Wildman–Crippen LogP) is 7.80. The van der Waals surface area contributed by atoms with E-state index in [-0.39, 0.29) is 23.7 Å².